The van der Waals surface area contributed by atoms with Crippen LogP contribution in [-0.2, 0) is 20.1 Å². The Morgan fingerprint density at radius 2 is 1.92 bits per heavy atom. The normalized spacial score (nSPS) is 9.12. The molecular formula is C18H10F2IrN3O2-. The number of benzene rings is 1. The summed E-state index contributed by atoms with van der Waals surface area (Å²) < 4.78 is 25.8. The molecule has 2 heterocycles. The second-order valence-corrected chi connectivity index (χ2v) is 4.60. The molecule has 0 aliphatic heterocycles. The minimum atomic E-state index is -1.12. The van der Waals surface area contributed by atoms with E-state index in [2.05, 4.69) is 16.0 Å². The molecule has 0 fully saturated rings. The largest absolute Gasteiger partial charge is 0.477 e. The predicted octanol–water partition coefficient (Wildman–Crippen LogP) is 3.48. The number of nitriles is 1. The van der Waals surface area contributed by atoms with Gasteiger partial charge in [0.2, 0.25) is 0 Å². The number of halogens is 2. The molecule has 133 valence electrons. The number of aromatic carboxylic acids is 1. The van der Waals surface area contributed by atoms with Crippen LogP contribution >= 0.6 is 0 Å². The topological polar surface area (TPSA) is 86.9 Å². The Morgan fingerprint density at radius 3 is 2.50 bits per heavy atom. The third kappa shape index (κ3) is 5.81. The van der Waals surface area contributed by atoms with E-state index in [1.54, 1.807) is 24.4 Å². The van der Waals surface area contributed by atoms with Gasteiger partial charge in [-0.25, -0.2) is 9.78 Å². The van der Waals surface area contributed by atoms with E-state index in [9.17, 15) is 13.6 Å². The first kappa shape index (κ1) is 21.0. The van der Waals surface area contributed by atoms with Crippen molar-refractivity contribution in [2.75, 3.05) is 0 Å². The van der Waals surface area contributed by atoms with Gasteiger partial charge >= 0.3 is 5.97 Å². The van der Waals surface area contributed by atoms with Gasteiger partial charge in [0.1, 0.15) is 5.69 Å². The van der Waals surface area contributed by atoms with E-state index in [0.29, 0.717) is 11.3 Å². The molecule has 0 saturated carbocycles. The average Bonchev–Trinajstić information content (AvgIpc) is 2.63. The zero-order chi connectivity index (χ0) is 18.2. The second kappa shape index (κ2) is 10.1. The summed E-state index contributed by atoms with van der Waals surface area (Å²) in [6.45, 7) is 0. The second-order valence-electron chi connectivity index (χ2n) is 4.60. The molecule has 26 heavy (non-hydrogen) atoms. The van der Waals surface area contributed by atoms with E-state index in [1.165, 1.54) is 18.3 Å². The molecule has 0 aliphatic carbocycles. The number of rotatable bonds is 2. The molecule has 0 unspecified atom stereocenters. The summed E-state index contributed by atoms with van der Waals surface area (Å²) in [4.78, 5) is 17.8. The third-order valence-corrected chi connectivity index (χ3v) is 2.89. The van der Waals surface area contributed by atoms with Crippen molar-refractivity contribution in [1.29, 1.82) is 5.26 Å². The van der Waals surface area contributed by atoms with Crippen molar-refractivity contribution >= 4 is 5.97 Å². The molecule has 1 radical (unpaired) electrons. The maximum atomic E-state index is 13.2. The SMILES string of the molecule is Fc1c[c-]c(-c2ccccn2)c(F)c1.N#Cc1ccnc(C(=O)O)c1.[Ir]. The van der Waals surface area contributed by atoms with Crippen LogP contribution in [0.15, 0.2) is 54.9 Å². The van der Waals surface area contributed by atoms with Crippen LogP contribution in [0.25, 0.3) is 11.3 Å². The number of hydrogen-bond donors (Lipinski definition) is 1. The minimum Gasteiger partial charge on any atom is -0.477 e. The van der Waals surface area contributed by atoms with Crippen molar-refractivity contribution in [2.45, 2.75) is 0 Å². The number of hydrogen-bond acceptors (Lipinski definition) is 4. The Bertz CT molecular complexity index is 931. The fourth-order valence-corrected chi connectivity index (χ4v) is 1.77. The van der Waals surface area contributed by atoms with Crippen LogP contribution in [0.3, 0.4) is 0 Å². The molecule has 1 N–H and O–H groups in total. The zero-order valence-corrected chi connectivity index (χ0v) is 15.4. The maximum Gasteiger partial charge on any atom is 0.354 e. The quantitative estimate of drug-likeness (QED) is 0.513. The van der Waals surface area contributed by atoms with Gasteiger partial charge in [-0.1, -0.05) is 23.8 Å². The van der Waals surface area contributed by atoms with Gasteiger partial charge in [-0.2, -0.15) is 5.26 Å². The van der Waals surface area contributed by atoms with E-state index in [-0.39, 0.29) is 31.4 Å². The number of pyridine rings is 2. The monoisotopic (exact) mass is 531 g/mol. The summed E-state index contributed by atoms with van der Waals surface area (Å²) in [5, 5.41) is 16.8. The summed E-state index contributed by atoms with van der Waals surface area (Å²) in [6, 6.07) is 14.0. The molecule has 5 nitrogen and oxygen atoms in total. The minimum absolute atomic E-state index is 0. The Morgan fingerprint density at radius 1 is 1.15 bits per heavy atom. The van der Waals surface area contributed by atoms with Crippen LogP contribution in [0.5, 0.6) is 0 Å². The first-order valence-corrected chi connectivity index (χ1v) is 6.89. The van der Waals surface area contributed by atoms with Gasteiger partial charge < -0.3 is 10.1 Å². The van der Waals surface area contributed by atoms with Crippen LogP contribution in [0.1, 0.15) is 16.1 Å². The molecule has 3 aromatic rings. The Kier molecular flexibility index (Phi) is 8.16. The molecular weight excluding hydrogens is 520 g/mol. The van der Waals surface area contributed by atoms with E-state index in [4.69, 9.17) is 10.4 Å². The molecule has 1 aromatic carbocycles. The smallest absolute Gasteiger partial charge is 0.354 e. The van der Waals surface area contributed by atoms with Gasteiger partial charge in [-0.3, -0.25) is 8.78 Å². The average molecular weight is 531 g/mol. The molecule has 0 saturated heterocycles. The van der Waals surface area contributed by atoms with Crippen LogP contribution in [0, 0.1) is 29.0 Å². The Balaban J connectivity index is 0.000000258. The zero-order valence-electron chi connectivity index (χ0n) is 13.0. The summed E-state index contributed by atoms with van der Waals surface area (Å²) in [5.41, 5.74) is 0.832. The van der Waals surface area contributed by atoms with Crippen LogP contribution in [0.2, 0.25) is 0 Å². The summed E-state index contributed by atoms with van der Waals surface area (Å²) >= 11 is 0. The first-order chi connectivity index (χ1) is 12.0. The molecule has 2 aromatic heterocycles. The van der Waals surface area contributed by atoms with Crippen molar-refractivity contribution in [2.24, 2.45) is 0 Å². The third-order valence-electron chi connectivity index (χ3n) is 2.89. The van der Waals surface area contributed by atoms with Gasteiger partial charge in [0, 0.05) is 44.1 Å². The van der Waals surface area contributed by atoms with Gasteiger partial charge in [0.25, 0.3) is 0 Å². The standard InChI is InChI=1S/C11H6F2N.C7H4N2O2.Ir/c12-8-4-5-9(10(13)7-8)11-3-1-2-6-14-11;8-4-5-1-2-9-6(3-5)7(10)11;/h1-4,6-7H;1-3H,(H,10,11);/q-1;;. The van der Waals surface area contributed by atoms with E-state index < -0.39 is 17.6 Å². The van der Waals surface area contributed by atoms with E-state index in [0.717, 1.165) is 12.1 Å². The van der Waals surface area contributed by atoms with Gasteiger partial charge in [0.15, 0.2) is 0 Å². The van der Waals surface area contributed by atoms with Crippen molar-refractivity contribution in [1.82, 2.24) is 9.97 Å². The number of carbonyl (C=O) groups is 1. The van der Waals surface area contributed by atoms with Crippen molar-refractivity contribution in [3.05, 3.63) is 83.8 Å². The first-order valence-electron chi connectivity index (χ1n) is 6.89. The van der Waals surface area contributed by atoms with E-state index >= 15 is 0 Å². The van der Waals surface area contributed by atoms with Crippen LogP contribution < -0.4 is 0 Å². The van der Waals surface area contributed by atoms with Crippen LogP contribution in [-0.4, -0.2) is 21.0 Å². The molecule has 0 spiro atoms. The summed E-state index contributed by atoms with van der Waals surface area (Å²) in [6.07, 6.45) is 2.84. The molecule has 0 amide bonds. The predicted molar refractivity (Wildman–Crippen MR) is 84.3 cm³/mol. The molecule has 0 bridgehead atoms. The van der Waals surface area contributed by atoms with Crippen molar-refractivity contribution < 1.29 is 38.8 Å². The Labute approximate surface area is 161 Å². The van der Waals surface area contributed by atoms with Crippen molar-refractivity contribution in [3.63, 3.8) is 0 Å². The molecule has 0 atom stereocenters. The molecule has 0 aliphatic rings. The number of carboxylic acid groups (broad SMARTS) is 1. The van der Waals surface area contributed by atoms with Gasteiger partial charge in [-0.05, 0) is 23.9 Å². The summed E-state index contributed by atoms with van der Waals surface area (Å²) in [5.74, 6) is -2.41. The van der Waals surface area contributed by atoms with Gasteiger partial charge in [-0.15, -0.1) is 12.1 Å². The van der Waals surface area contributed by atoms with Crippen molar-refractivity contribution in [3.8, 4) is 17.3 Å². The maximum absolute atomic E-state index is 13.2. The van der Waals surface area contributed by atoms with Gasteiger partial charge in [0.05, 0.1) is 11.6 Å². The molecule has 3 rings (SSSR count). The van der Waals surface area contributed by atoms with Crippen LogP contribution in [0.4, 0.5) is 8.78 Å². The molecule has 8 heteroatoms. The fourth-order valence-electron chi connectivity index (χ4n) is 1.77. The van der Waals surface area contributed by atoms with E-state index in [1.807, 2.05) is 6.07 Å². The summed E-state index contributed by atoms with van der Waals surface area (Å²) in [7, 11) is 0. The number of nitrogens with zero attached hydrogens (tertiary/aromatic N) is 3. The number of carboxylic acids is 1. The Hall–Kier alpha value is -3.01. The fraction of sp³-hybridized carbons (Fsp3) is 0. The number of aromatic nitrogens is 2.